The van der Waals surface area contributed by atoms with E-state index in [9.17, 15) is 12.8 Å². The molecule has 0 spiro atoms. The van der Waals surface area contributed by atoms with Crippen LogP contribution in [0.5, 0.6) is 0 Å². The predicted molar refractivity (Wildman–Crippen MR) is 98.8 cm³/mol. The van der Waals surface area contributed by atoms with Gasteiger partial charge in [0.25, 0.3) is 0 Å². The minimum atomic E-state index is -3.80. The van der Waals surface area contributed by atoms with Crippen LogP contribution in [0.15, 0.2) is 57.9 Å². The minimum Gasteiger partial charge on any atom is -0.338 e. The van der Waals surface area contributed by atoms with Crippen molar-refractivity contribution in [2.45, 2.75) is 31.7 Å². The van der Waals surface area contributed by atoms with Crippen LogP contribution in [0.1, 0.15) is 24.8 Å². The largest absolute Gasteiger partial charge is 0.338 e. The van der Waals surface area contributed by atoms with Crippen molar-refractivity contribution in [3.63, 3.8) is 0 Å². The fourth-order valence-electron chi connectivity index (χ4n) is 2.66. The highest BCUT2D eigenvalue weighted by Crippen LogP contribution is 2.21. The molecule has 1 aromatic heterocycles. The molecule has 3 aromatic rings. The van der Waals surface area contributed by atoms with E-state index >= 15 is 0 Å². The average molecular weight is 389 g/mol. The highest BCUT2D eigenvalue weighted by Gasteiger charge is 2.26. The van der Waals surface area contributed by atoms with Crippen LogP contribution in [0.3, 0.4) is 0 Å². The second kappa shape index (κ2) is 7.98. The Morgan fingerprint density at radius 2 is 1.89 bits per heavy atom. The molecule has 0 bridgehead atoms. The van der Waals surface area contributed by atoms with Gasteiger partial charge in [0.2, 0.25) is 21.7 Å². The van der Waals surface area contributed by atoms with Crippen molar-refractivity contribution in [1.82, 2.24) is 14.4 Å². The lowest BCUT2D eigenvalue weighted by atomic mass is 10.1. The Morgan fingerprint density at radius 1 is 1.15 bits per heavy atom. The van der Waals surface area contributed by atoms with Crippen LogP contribution in [0, 0.1) is 12.7 Å². The first-order chi connectivity index (χ1) is 12.9. The van der Waals surface area contributed by atoms with E-state index in [1.807, 2.05) is 38.1 Å². The van der Waals surface area contributed by atoms with Crippen LogP contribution in [0.4, 0.5) is 4.39 Å². The summed E-state index contributed by atoms with van der Waals surface area (Å²) in [4.78, 5) is 4.34. The fourth-order valence-corrected chi connectivity index (χ4v) is 4.14. The lowest BCUT2D eigenvalue weighted by Crippen LogP contribution is -2.31. The zero-order chi connectivity index (χ0) is 19.4. The van der Waals surface area contributed by atoms with Gasteiger partial charge in [0.1, 0.15) is 5.82 Å². The molecule has 0 saturated carbocycles. The van der Waals surface area contributed by atoms with Crippen molar-refractivity contribution >= 4 is 10.0 Å². The molecule has 0 saturated heterocycles. The van der Waals surface area contributed by atoms with E-state index in [1.54, 1.807) is 0 Å². The standard InChI is InChI=1S/C19H20FN3O3S/c1-3-11-23(27(24,25)17-9-7-16(20)8-10-17)13-18-21-19(22-26-18)15-6-4-5-14(2)12-15/h4-10,12H,3,11,13H2,1-2H3. The summed E-state index contributed by atoms with van der Waals surface area (Å²) in [5, 5.41) is 3.95. The third-order valence-electron chi connectivity index (χ3n) is 3.98. The molecule has 0 N–H and O–H groups in total. The molecule has 8 heteroatoms. The molecule has 6 nitrogen and oxygen atoms in total. The number of rotatable bonds is 7. The smallest absolute Gasteiger partial charge is 0.243 e. The number of aromatic nitrogens is 2. The first-order valence-corrected chi connectivity index (χ1v) is 9.99. The monoisotopic (exact) mass is 389 g/mol. The van der Waals surface area contributed by atoms with Crippen molar-refractivity contribution in [3.05, 3.63) is 65.8 Å². The highest BCUT2D eigenvalue weighted by molar-refractivity contribution is 7.89. The Hall–Kier alpha value is -2.58. The van der Waals surface area contributed by atoms with Gasteiger partial charge in [0.05, 0.1) is 11.4 Å². The van der Waals surface area contributed by atoms with E-state index in [0.29, 0.717) is 12.2 Å². The van der Waals surface area contributed by atoms with Gasteiger partial charge in [-0.15, -0.1) is 0 Å². The van der Waals surface area contributed by atoms with Crippen molar-refractivity contribution < 1.29 is 17.3 Å². The number of nitrogens with zero attached hydrogens (tertiary/aromatic N) is 3. The molecule has 0 amide bonds. The van der Waals surface area contributed by atoms with Gasteiger partial charge in [-0.2, -0.15) is 9.29 Å². The van der Waals surface area contributed by atoms with Crippen molar-refractivity contribution in [1.29, 1.82) is 0 Å². The summed E-state index contributed by atoms with van der Waals surface area (Å²) in [5.41, 5.74) is 1.86. The molecule has 0 aliphatic carbocycles. The lowest BCUT2D eigenvalue weighted by Gasteiger charge is -2.19. The van der Waals surface area contributed by atoms with Gasteiger partial charge in [0, 0.05) is 12.1 Å². The number of hydrogen-bond donors (Lipinski definition) is 0. The number of sulfonamides is 1. The molecule has 0 atom stereocenters. The van der Waals surface area contributed by atoms with Crippen molar-refractivity contribution in [3.8, 4) is 11.4 Å². The molecule has 27 heavy (non-hydrogen) atoms. The second-order valence-electron chi connectivity index (χ2n) is 6.17. The molecular weight excluding hydrogens is 369 g/mol. The van der Waals surface area contributed by atoms with Crippen molar-refractivity contribution in [2.75, 3.05) is 6.54 Å². The van der Waals surface area contributed by atoms with Gasteiger partial charge < -0.3 is 4.52 Å². The SMILES string of the molecule is CCCN(Cc1nc(-c2cccc(C)c2)no1)S(=O)(=O)c1ccc(F)cc1. The normalized spacial score (nSPS) is 11.9. The van der Waals surface area contributed by atoms with Gasteiger partial charge in [-0.25, -0.2) is 12.8 Å². The Labute approximate surface area is 157 Å². The first kappa shape index (κ1) is 19.2. The Morgan fingerprint density at radius 3 is 2.56 bits per heavy atom. The van der Waals surface area contributed by atoms with Crippen LogP contribution >= 0.6 is 0 Å². The molecule has 0 radical (unpaired) electrons. The number of halogens is 1. The maximum Gasteiger partial charge on any atom is 0.243 e. The molecule has 0 aliphatic rings. The summed E-state index contributed by atoms with van der Waals surface area (Å²) in [7, 11) is -3.80. The second-order valence-corrected chi connectivity index (χ2v) is 8.11. The summed E-state index contributed by atoms with van der Waals surface area (Å²) < 4.78 is 45.4. The van der Waals surface area contributed by atoms with Gasteiger partial charge in [-0.05, 0) is 43.7 Å². The summed E-state index contributed by atoms with van der Waals surface area (Å²) >= 11 is 0. The Bertz CT molecular complexity index is 1020. The predicted octanol–water partition coefficient (Wildman–Crippen LogP) is 3.79. The number of benzene rings is 2. The van der Waals surface area contributed by atoms with E-state index in [2.05, 4.69) is 10.1 Å². The zero-order valence-corrected chi connectivity index (χ0v) is 15.9. The van der Waals surface area contributed by atoms with Crippen LogP contribution in [0.2, 0.25) is 0 Å². The molecule has 0 fully saturated rings. The third-order valence-corrected chi connectivity index (χ3v) is 5.84. The molecule has 0 aliphatic heterocycles. The lowest BCUT2D eigenvalue weighted by molar-refractivity contribution is 0.315. The maximum atomic E-state index is 13.1. The molecule has 142 valence electrons. The van der Waals surface area contributed by atoms with Crippen LogP contribution in [-0.2, 0) is 16.6 Å². The zero-order valence-electron chi connectivity index (χ0n) is 15.1. The van der Waals surface area contributed by atoms with Crippen LogP contribution < -0.4 is 0 Å². The number of hydrogen-bond acceptors (Lipinski definition) is 5. The van der Waals surface area contributed by atoms with Gasteiger partial charge in [-0.1, -0.05) is 35.8 Å². The van der Waals surface area contributed by atoms with Gasteiger partial charge in [0.15, 0.2) is 0 Å². The summed E-state index contributed by atoms with van der Waals surface area (Å²) in [5.74, 6) is 0.116. The minimum absolute atomic E-state index is 0.0239. The van der Waals surface area contributed by atoms with E-state index in [1.165, 1.54) is 16.4 Å². The molecule has 0 unspecified atom stereocenters. The van der Waals surface area contributed by atoms with Crippen LogP contribution in [-0.4, -0.2) is 29.4 Å². The van der Waals surface area contributed by atoms with Crippen LogP contribution in [0.25, 0.3) is 11.4 Å². The average Bonchev–Trinajstić information content (AvgIpc) is 3.10. The van der Waals surface area contributed by atoms with E-state index in [-0.39, 0.29) is 23.9 Å². The summed E-state index contributed by atoms with van der Waals surface area (Å²) in [6, 6.07) is 12.4. The third kappa shape index (κ3) is 4.40. The summed E-state index contributed by atoms with van der Waals surface area (Å²) in [6.07, 6.45) is 0.610. The Kier molecular flexibility index (Phi) is 5.67. The molecular formula is C19H20FN3O3S. The summed E-state index contributed by atoms with van der Waals surface area (Å²) in [6.45, 7) is 4.07. The van der Waals surface area contributed by atoms with Gasteiger partial charge in [-0.3, -0.25) is 0 Å². The Balaban J connectivity index is 1.85. The van der Waals surface area contributed by atoms with E-state index in [0.717, 1.165) is 23.3 Å². The fraction of sp³-hybridized carbons (Fsp3) is 0.263. The maximum absolute atomic E-state index is 13.1. The van der Waals surface area contributed by atoms with Crippen molar-refractivity contribution in [2.24, 2.45) is 0 Å². The first-order valence-electron chi connectivity index (χ1n) is 8.55. The number of aryl methyl sites for hydroxylation is 1. The molecule has 3 rings (SSSR count). The molecule has 2 aromatic carbocycles. The highest BCUT2D eigenvalue weighted by atomic mass is 32.2. The molecule has 1 heterocycles. The quantitative estimate of drug-likeness (QED) is 0.615. The van der Waals surface area contributed by atoms with E-state index in [4.69, 9.17) is 4.52 Å². The van der Waals surface area contributed by atoms with Gasteiger partial charge >= 0.3 is 0 Å². The van der Waals surface area contributed by atoms with E-state index < -0.39 is 15.8 Å². The topological polar surface area (TPSA) is 76.3 Å².